The van der Waals surface area contributed by atoms with Gasteiger partial charge < -0.3 is 10.3 Å². The predicted octanol–water partition coefficient (Wildman–Crippen LogP) is 2.07. The fraction of sp³-hybridized carbons (Fsp3) is 0.385. The fourth-order valence-electron chi connectivity index (χ4n) is 2.62. The number of benzene rings is 1. The van der Waals surface area contributed by atoms with Crippen LogP contribution in [-0.2, 0) is 13.1 Å². The minimum atomic E-state index is 0.728. The van der Waals surface area contributed by atoms with Gasteiger partial charge in [0.1, 0.15) is 0 Å². The number of rotatable bonds is 2. The highest BCUT2D eigenvalue weighted by molar-refractivity contribution is 6.31. The predicted molar refractivity (Wildman–Crippen MR) is 71.3 cm³/mol. The Morgan fingerprint density at radius 3 is 2.94 bits per heavy atom. The number of fused-ring (bicyclic) bond motifs is 3. The first-order valence-corrected chi connectivity index (χ1v) is 6.36. The van der Waals surface area contributed by atoms with Gasteiger partial charge in [-0.1, -0.05) is 11.6 Å². The van der Waals surface area contributed by atoms with Gasteiger partial charge in [0, 0.05) is 54.3 Å². The van der Waals surface area contributed by atoms with Crippen LogP contribution in [-0.4, -0.2) is 29.1 Å². The monoisotopic (exact) mass is 249 g/mol. The molecule has 17 heavy (non-hydrogen) atoms. The minimum Gasteiger partial charge on any atom is -0.342 e. The molecule has 0 spiro atoms. The summed E-state index contributed by atoms with van der Waals surface area (Å²) in [5.41, 5.74) is 8.26. The molecule has 3 rings (SSSR count). The van der Waals surface area contributed by atoms with Gasteiger partial charge in [0.15, 0.2) is 0 Å². The highest BCUT2D eigenvalue weighted by Gasteiger charge is 2.17. The van der Waals surface area contributed by atoms with Crippen molar-refractivity contribution in [3.63, 3.8) is 0 Å². The van der Waals surface area contributed by atoms with Gasteiger partial charge in [0.2, 0.25) is 0 Å². The Morgan fingerprint density at radius 1 is 1.24 bits per heavy atom. The van der Waals surface area contributed by atoms with Gasteiger partial charge in [-0.2, -0.15) is 0 Å². The first-order chi connectivity index (χ1) is 8.28. The second kappa shape index (κ2) is 4.33. The van der Waals surface area contributed by atoms with Gasteiger partial charge >= 0.3 is 0 Å². The van der Waals surface area contributed by atoms with Crippen LogP contribution < -0.4 is 5.73 Å². The normalized spacial score (nSPS) is 16.4. The third kappa shape index (κ3) is 1.95. The number of halogens is 1. The summed E-state index contributed by atoms with van der Waals surface area (Å²) < 4.78 is 2.39. The summed E-state index contributed by atoms with van der Waals surface area (Å²) in [5.74, 6) is 0. The Balaban J connectivity index is 2.01. The highest BCUT2D eigenvalue weighted by atomic mass is 35.5. The second-order valence-electron chi connectivity index (χ2n) is 4.56. The molecule has 0 unspecified atom stereocenters. The van der Waals surface area contributed by atoms with E-state index < -0.39 is 0 Å². The van der Waals surface area contributed by atoms with E-state index in [-0.39, 0.29) is 0 Å². The molecule has 2 heterocycles. The Morgan fingerprint density at radius 2 is 2.12 bits per heavy atom. The third-order valence-corrected chi connectivity index (χ3v) is 3.66. The summed E-state index contributed by atoms with van der Waals surface area (Å²) in [7, 11) is 0. The minimum absolute atomic E-state index is 0.728. The number of nitrogens with two attached hydrogens (primary N) is 1. The number of nitrogens with zero attached hydrogens (tertiary/aromatic N) is 2. The quantitative estimate of drug-likeness (QED) is 0.884. The van der Waals surface area contributed by atoms with Crippen LogP contribution in [0.4, 0.5) is 0 Å². The molecule has 2 N–H and O–H groups in total. The topological polar surface area (TPSA) is 34.2 Å². The van der Waals surface area contributed by atoms with E-state index in [9.17, 15) is 0 Å². The molecule has 2 aromatic rings. The van der Waals surface area contributed by atoms with Crippen LogP contribution in [0.1, 0.15) is 5.69 Å². The lowest BCUT2D eigenvalue weighted by Crippen LogP contribution is -2.36. The van der Waals surface area contributed by atoms with Crippen LogP contribution in [0.25, 0.3) is 10.9 Å². The molecule has 1 aliphatic heterocycles. The zero-order valence-electron chi connectivity index (χ0n) is 9.69. The van der Waals surface area contributed by atoms with Crippen molar-refractivity contribution in [3.8, 4) is 0 Å². The lowest BCUT2D eigenvalue weighted by atomic mass is 10.2. The van der Waals surface area contributed by atoms with E-state index in [1.807, 2.05) is 12.1 Å². The molecule has 4 heteroatoms. The van der Waals surface area contributed by atoms with E-state index in [0.717, 1.165) is 37.7 Å². The SMILES string of the molecule is NCCN1CCn2c(cc3cc(Cl)ccc32)C1. The van der Waals surface area contributed by atoms with Crippen LogP contribution in [0.3, 0.4) is 0 Å². The van der Waals surface area contributed by atoms with E-state index in [1.54, 1.807) is 0 Å². The number of hydrogen-bond acceptors (Lipinski definition) is 2. The summed E-state index contributed by atoms with van der Waals surface area (Å²) in [6.07, 6.45) is 0. The third-order valence-electron chi connectivity index (χ3n) is 3.42. The second-order valence-corrected chi connectivity index (χ2v) is 4.99. The van der Waals surface area contributed by atoms with Gasteiger partial charge in [0.25, 0.3) is 0 Å². The van der Waals surface area contributed by atoms with Crippen molar-refractivity contribution < 1.29 is 0 Å². The zero-order valence-corrected chi connectivity index (χ0v) is 10.5. The van der Waals surface area contributed by atoms with E-state index in [1.165, 1.54) is 16.6 Å². The molecule has 0 amide bonds. The van der Waals surface area contributed by atoms with E-state index in [4.69, 9.17) is 17.3 Å². The Labute approximate surface area is 106 Å². The molecule has 0 aliphatic carbocycles. The number of hydrogen-bond donors (Lipinski definition) is 1. The molecule has 90 valence electrons. The lowest BCUT2D eigenvalue weighted by molar-refractivity contribution is 0.229. The summed E-state index contributed by atoms with van der Waals surface area (Å²) in [4.78, 5) is 2.40. The molecule has 0 radical (unpaired) electrons. The molecule has 3 nitrogen and oxygen atoms in total. The largest absolute Gasteiger partial charge is 0.342 e. The van der Waals surface area contributed by atoms with Gasteiger partial charge in [0.05, 0.1) is 0 Å². The van der Waals surface area contributed by atoms with Crippen LogP contribution in [0, 0.1) is 0 Å². The summed E-state index contributed by atoms with van der Waals surface area (Å²) in [5, 5.41) is 2.04. The maximum absolute atomic E-state index is 6.02. The molecule has 0 saturated carbocycles. The standard InChI is InChI=1S/C13H16ClN3/c14-11-1-2-13-10(7-11)8-12-9-16(4-3-15)5-6-17(12)13/h1-2,7-8H,3-6,9,15H2. The molecule has 1 aliphatic rings. The molecule has 1 aromatic heterocycles. The van der Waals surface area contributed by atoms with Gasteiger partial charge in [-0.15, -0.1) is 0 Å². The van der Waals surface area contributed by atoms with Crippen LogP contribution in [0.15, 0.2) is 24.3 Å². The van der Waals surface area contributed by atoms with Crippen molar-refractivity contribution in [2.45, 2.75) is 13.1 Å². The first kappa shape index (κ1) is 11.1. The van der Waals surface area contributed by atoms with E-state index >= 15 is 0 Å². The van der Waals surface area contributed by atoms with Gasteiger partial charge in [-0.05, 0) is 24.3 Å². The van der Waals surface area contributed by atoms with E-state index in [2.05, 4.69) is 21.6 Å². The number of aromatic nitrogens is 1. The van der Waals surface area contributed by atoms with E-state index in [0.29, 0.717) is 0 Å². The Kier molecular flexibility index (Phi) is 2.82. The van der Waals surface area contributed by atoms with Crippen LogP contribution in [0.2, 0.25) is 5.02 Å². The highest BCUT2D eigenvalue weighted by Crippen LogP contribution is 2.26. The van der Waals surface area contributed by atoms with Crippen molar-refractivity contribution >= 4 is 22.5 Å². The molecular weight excluding hydrogens is 234 g/mol. The first-order valence-electron chi connectivity index (χ1n) is 5.98. The zero-order chi connectivity index (χ0) is 11.8. The maximum atomic E-state index is 6.02. The van der Waals surface area contributed by atoms with Gasteiger partial charge in [-0.3, -0.25) is 4.90 Å². The van der Waals surface area contributed by atoms with Crippen molar-refractivity contribution in [2.75, 3.05) is 19.6 Å². The summed E-state index contributed by atoms with van der Waals surface area (Å²) in [6, 6.07) is 8.35. The molecule has 0 fully saturated rings. The molecule has 0 saturated heterocycles. The van der Waals surface area contributed by atoms with Crippen molar-refractivity contribution in [1.82, 2.24) is 9.47 Å². The van der Waals surface area contributed by atoms with Gasteiger partial charge in [-0.25, -0.2) is 0 Å². The summed E-state index contributed by atoms with van der Waals surface area (Å²) >= 11 is 6.02. The Hall–Kier alpha value is -1.03. The molecule has 0 bridgehead atoms. The summed E-state index contributed by atoms with van der Waals surface area (Å²) in [6.45, 7) is 4.81. The maximum Gasteiger partial charge on any atom is 0.0484 e. The van der Waals surface area contributed by atoms with Crippen LogP contribution in [0.5, 0.6) is 0 Å². The molecular formula is C13H16ClN3. The molecule has 0 atom stereocenters. The smallest absolute Gasteiger partial charge is 0.0484 e. The average Bonchev–Trinajstić information content (AvgIpc) is 2.65. The fourth-order valence-corrected chi connectivity index (χ4v) is 2.80. The van der Waals surface area contributed by atoms with Crippen molar-refractivity contribution in [3.05, 3.63) is 35.0 Å². The average molecular weight is 250 g/mol. The molecule has 1 aromatic carbocycles. The van der Waals surface area contributed by atoms with Crippen molar-refractivity contribution in [1.29, 1.82) is 0 Å². The lowest BCUT2D eigenvalue weighted by Gasteiger charge is -2.28. The van der Waals surface area contributed by atoms with Crippen LogP contribution >= 0.6 is 11.6 Å². The Bertz CT molecular complexity index is 547. The van der Waals surface area contributed by atoms with Crippen molar-refractivity contribution in [2.24, 2.45) is 5.73 Å².